The van der Waals surface area contributed by atoms with Crippen molar-refractivity contribution in [2.24, 2.45) is 0 Å². The van der Waals surface area contributed by atoms with Crippen molar-refractivity contribution in [3.05, 3.63) is 35.7 Å². The first-order valence-electron chi connectivity index (χ1n) is 6.36. The highest BCUT2D eigenvalue weighted by Crippen LogP contribution is 2.27. The van der Waals surface area contributed by atoms with Crippen molar-refractivity contribution in [3.63, 3.8) is 0 Å². The molecule has 0 radical (unpaired) electrons. The summed E-state index contributed by atoms with van der Waals surface area (Å²) in [7, 11) is -3.09. The second kappa shape index (κ2) is 6.41. The molecule has 0 aliphatic carbocycles. The van der Waals surface area contributed by atoms with E-state index in [9.17, 15) is 22.2 Å². The second-order valence-corrected chi connectivity index (χ2v) is 6.10. The molecule has 0 saturated carbocycles. The molecule has 1 aromatic carbocycles. The summed E-state index contributed by atoms with van der Waals surface area (Å²) in [6, 6.07) is 4.02. The lowest BCUT2D eigenvalue weighted by molar-refractivity contribution is -0.0384. The van der Waals surface area contributed by atoms with Crippen molar-refractivity contribution in [1.82, 2.24) is 10.2 Å². The van der Waals surface area contributed by atoms with Gasteiger partial charge in [0.15, 0.2) is 10.8 Å². The predicted octanol–water partition coefficient (Wildman–Crippen LogP) is 3.30. The Hall–Kier alpha value is -2.36. The number of H-pyrrole nitrogens is 1. The molecule has 0 fully saturated rings. The number of nitrogens with zero attached hydrogens (tertiary/aromatic N) is 1. The van der Waals surface area contributed by atoms with Crippen LogP contribution in [-0.4, -0.2) is 25.9 Å². The monoisotopic (exact) mass is 346 g/mol. The molecule has 6 nitrogen and oxygen atoms in total. The molecule has 10 heteroatoms. The molecule has 23 heavy (non-hydrogen) atoms. The highest BCUT2D eigenvalue weighted by Gasteiger charge is 2.37. The van der Waals surface area contributed by atoms with Crippen molar-refractivity contribution >= 4 is 28.2 Å². The highest BCUT2D eigenvalue weighted by molar-refractivity contribution is 7.86. The van der Waals surface area contributed by atoms with Gasteiger partial charge in [-0.25, -0.2) is 9.00 Å². The summed E-state index contributed by atoms with van der Waals surface area (Å²) in [4.78, 5) is 11.5. The normalized spacial score (nSPS) is 12.7. The molecule has 0 aliphatic heterocycles. The lowest BCUT2D eigenvalue weighted by Gasteiger charge is -2.09. The largest absolute Gasteiger partial charge is 0.475 e. The van der Waals surface area contributed by atoms with E-state index in [1.54, 1.807) is 13.8 Å². The zero-order valence-electron chi connectivity index (χ0n) is 12.1. The number of nitrogens with one attached hydrogen (secondary N) is 3. The van der Waals surface area contributed by atoms with E-state index in [0.717, 1.165) is 12.1 Å². The first kappa shape index (κ1) is 17.0. The van der Waals surface area contributed by atoms with Gasteiger partial charge in [0.05, 0.1) is 17.1 Å². The Morgan fingerprint density at radius 2 is 1.78 bits per heavy atom. The SMILES string of the molecule is Cc1n[nH]c(C)c1NC(=O)Nc1ccc(S(=O)C(F)(F)F)cc1. The first-order valence-corrected chi connectivity index (χ1v) is 7.51. The van der Waals surface area contributed by atoms with E-state index in [0.29, 0.717) is 17.1 Å². The van der Waals surface area contributed by atoms with Gasteiger partial charge in [-0.1, -0.05) is 0 Å². The van der Waals surface area contributed by atoms with Crippen molar-refractivity contribution in [1.29, 1.82) is 0 Å². The summed E-state index contributed by atoms with van der Waals surface area (Å²) in [5, 5.41) is 11.7. The van der Waals surface area contributed by atoms with E-state index in [4.69, 9.17) is 0 Å². The maximum absolute atomic E-state index is 12.3. The van der Waals surface area contributed by atoms with Gasteiger partial charge in [0.25, 0.3) is 0 Å². The quantitative estimate of drug-likeness (QED) is 0.797. The number of hydrogen-bond donors (Lipinski definition) is 3. The Balaban J connectivity index is 2.04. The van der Waals surface area contributed by atoms with Crippen LogP contribution in [0.4, 0.5) is 29.3 Å². The smallest absolute Gasteiger partial charge is 0.308 e. The van der Waals surface area contributed by atoms with Gasteiger partial charge in [-0.3, -0.25) is 5.10 Å². The van der Waals surface area contributed by atoms with Gasteiger partial charge in [0, 0.05) is 10.6 Å². The summed E-state index contributed by atoms with van der Waals surface area (Å²) in [5.74, 6) is 0. The fourth-order valence-corrected chi connectivity index (χ4v) is 2.46. The average Bonchev–Trinajstić information content (AvgIpc) is 2.78. The number of urea groups is 1. The van der Waals surface area contributed by atoms with Crippen LogP contribution in [0, 0.1) is 13.8 Å². The lowest BCUT2D eigenvalue weighted by atomic mass is 10.3. The van der Waals surface area contributed by atoms with Gasteiger partial charge in [0.1, 0.15) is 0 Å². The molecular formula is C13H13F3N4O2S. The summed E-state index contributed by atoms with van der Waals surface area (Å²) >= 11 is 0. The number of aromatic nitrogens is 2. The maximum Gasteiger partial charge on any atom is 0.475 e. The predicted molar refractivity (Wildman–Crippen MR) is 79.6 cm³/mol. The standard InChI is InChI=1S/C13H13F3N4O2S/c1-7-11(8(2)20-19-7)18-12(21)17-9-3-5-10(6-4-9)23(22)13(14,15)16/h3-6H,1-2H3,(H,19,20)(H2,17,18,21). The number of aromatic amines is 1. The molecule has 1 unspecified atom stereocenters. The molecule has 0 spiro atoms. The summed E-state index contributed by atoms with van der Waals surface area (Å²) < 4.78 is 48.2. The minimum Gasteiger partial charge on any atom is -0.308 e. The summed E-state index contributed by atoms with van der Waals surface area (Å²) in [6.45, 7) is 3.44. The molecule has 2 amide bonds. The number of carbonyl (C=O) groups is 1. The topological polar surface area (TPSA) is 86.9 Å². The molecule has 0 saturated heterocycles. The minimum atomic E-state index is -4.82. The minimum absolute atomic E-state index is 0.268. The number of rotatable bonds is 3. The van der Waals surface area contributed by atoms with Gasteiger partial charge in [-0.15, -0.1) is 0 Å². The molecule has 2 aromatic rings. The fraction of sp³-hybridized carbons (Fsp3) is 0.231. The van der Waals surface area contributed by atoms with Crippen LogP contribution in [0.3, 0.4) is 0 Å². The Labute approximate surface area is 131 Å². The number of anilines is 2. The van der Waals surface area contributed by atoms with E-state index in [1.165, 1.54) is 12.1 Å². The number of hydrogen-bond acceptors (Lipinski definition) is 3. The molecule has 0 bridgehead atoms. The van der Waals surface area contributed by atoms with Crippen LogP contribution < -0.4 is 10.6 Å². The molecule has 3 N–H and O–H groups in total. The van der Waals surface area contributed by atoms with Crippen molar-refractivity contribution in [3.8, 4) is 0 Å². The van der Waals surface area contributed by atoms with E-state index in [2.05, 4.69) is 20.8 Å². The molecule has 0 aliphatic rings. The van der Waals surface area contributed by atoms with Gasteiger partial charge < -0.3 is 10.6 Å². The van der Waals surface area contributed by atoms with E-state index in [-0.39, 0.29) is 10.6 Å². The number of carbonyl (C=O) groups excluding carboxylic acids is 1. The third-order valence-electron chi connectivity index (χ3n) is 2.90. The Morgan fingerprint density at radius 3 is 2.26 bits per heavy atom. The van der Waals surface area contributed by atoms with Gasteiger partial charge in [0.2, 0.25) is 0 Å². The van der Waals surface area contributed by atoms with Gasteiger partial charge in [-0.05, 0) is 38.1 Å². The zero-order valence-corrected chi connectivity index (χ0v) is 12.9. The van der Waals surface area contributed by atoms with Crippen LogP contribution in [0.5, 0.6) is 0 Å². The Bertz CT molecular complexity index is 721. The third-order valence-corrected chi connectivity index (χ3v) is 4.02. The van der Waals surface area contributed by atoms with Gasteiger partial charge >= 0.3 is 11.5 Å². The molecule has 124 valence electrons. The van der Waals surface area contributed by atoms with Crippen molar-refractivity contribution in [2.75, 3.05) is 10.6 Å². The van der Waals surface area contributed by atoms with Crippen molar-refractivity contribution in [2.45, 2.75) is 24.3 Å². The zero-order chi connectivity index (χ0) is 17.2. The first-order chi connectivity index (χ1) is 10.7. The second-order valence-electron chi connectivity index (χ2n) is 4.63. The van der Waals surface area contributed by atoms with Gasteiger partial charge in [-0.2, -0.15) is 18.3 Å². The number of halogens is 3. The van der Waals surface area contributed by atoms with Crippen LogP contribution in [-0.2, 0) is 10.8 Å². The van der Waals surface area contributed by atoms with Crippen LogP contribution >= 0.6 is 0 Å². The number of alkyl halides is 3. The average molecular weight is 346 g/mol. The third kappa shape index (κ3) is 4.09. The number of aryl methyl sites for hydroxylation is 2. The maximum atomic E-state index is 12.3. The van der Waals surface area contributed by atoms with Crippen LogP contribution in [0.1, 0.15) is 11.4 Å². The number of benzene rings is 1. The molecule has 1 atom stereocenters. The summed E-state index contributed by atoms with van der Waals surface area (Å²) in [5.41, 5.74) is -2.74. The van der Waals surface area contributed by atoms with Crippen LogP contribution in [0.25, 0.3) is 0 Å². The van der Waals surface area contributed by atoms with Crippen LogP contribution in [0.15, 0.2) is 29.2 Å². The molecule has 1 heterocycles. The Kier molecular flexibility index (Phi) is 4.73. The van der Waals surface area contributed by atoms with E-state index >= 15 is 0 Å². The molecule has 2 rings (SSSR count). The van der Waals surface area contributed by atoms with E-state index < -0.39 is 22.3 Å². The highest BCUT2D eigenvalue weighted by atomic mass is 32.2. The molecule has 1 aromatic heterocycles. The summed E-state index contributed by atoms with van der Waals surface area (Å²) in [6.07, 6.45) is 0. The fourth-order valence-electron chi connectivity index (χ4n) is 1.81. The van der Waals surface area contributed by atoms with Crippen molar-refractivity contribution < 1.29 is 22.2 Å². The Morgan fingerprint density at radius 1 is 1.17 bits per heavy atom. The number of amides is 2. The lowest BCUT2D eigenvalue weighted by Crippen LogP contribution is -2.20. The van der Waals surface area contributed by atoms with E-state index in [1.807, 2.05) is 0 Å². The van der Waals surface area contributed by atoms with Crippen LogP contribution in [0.2, 0.25) is 0 Å². The molecular weight excluding hydrogens is 333 g/mol.